The van der Waals surface area contributed by atoms with Crippen molar-refractivity contribution in [3.05, 3.63) is 48.0 Å². The number of nitrogens with one attached hydrogen (secondary N) is 2. The van der Waals surface area contributed by atoms with Crippen LogP contribution in [-0.2, 0) is 11.2 Å². The Morgan fingerprint density at radius 2 is 2.05 bits per heavy atom. The first-order valence-electron chi connectivity index (χ1n) is 7.29. The molecule has 20 heavy (non-hydrogen) atoms. The van der Waals surface area contributed by atoms with E-state index < -0.39 is 0 Å². The van der Waals surface area contributed by atoms with Crippen molar-refractivity contribution >= 4 is 16.7 Å². The molecule has 0 saturated carbocycles. The van der Waals surface area contributed by atoms with E-state index in [9.17, 15) is 4.79 Å². The maximum atomic E-state index is 12.2. The van der Waals surface area contributed by atoms with Crippen LogP contribution in [-0.4, -0.2) is 25.0 Å². The lowest BCUT2D eigenvalue weighted by atomic mass is 10.0. The third kappa shape index (κ3) is 2.99. The molecule has 0 aromatic heterocycles. The van der Waals surface area contributed by atoms with Crippen LogP contribution in [0.3, 0.4) is 0 Å². The molecule has 1 heterocycles. The van der Waals surface area contributed by atoms with Gasteiger partial charge in [-0.3, -0.25) is 4.79 Å². The van der Waals surface area contributed by atoms with Gasteiger partial charge in [0.15, 0.2) is 0 Å². The van der Waals surface area contributed by atoms with Gasteiger partial charge in [-0.05, 0) is 35.7 Å². The number of benzene rings is 2. The summed E-state index contributed by atoms with van der Waals surface area (Å²) in [6.07, 6.45) is 2.67. The Bertz CT molecular complexity index is 597. The molecular formula is C17H20N2O. The van der Waals surface area contributed by atoms with Gasteiger partial charge in [0.2, 0.25) is 5.91 Å². The summed E-state index contributed by atoms with van der Waals surface area (Å²) >= 11 is 0. The van der Waals surface area contributed by atoms with Crippen LogP contribution in [0.15, 0.2) is 42.5 Å². The SMILES string of the molecule is O=C(Cc1cccc2ccccc12)NC1CCCNC1. The van der Waals surface area contributed by atoms with Crippen LogP contribution in [0.2, 0.25) is 0 Å². The fourth-order valence-corrected chi connectivity index (χ4v) is 2.87. The third-order valence-electron chi connectivity index (χ3n) is 3.89. The molecule has 1 aliphatic heterocycles. The number of fused-ring (bicyclic) bond motifs is 1. The molecule has 2 aromatic rings. The minimum Gasteiger partial charge on any atom is -0.352 e. The van der Waals surface area contributed by atoms with Crippen molar-refractivity contribution in [2.45, 2.75) is 25.3 Å². The maximum Gasteiger partial charge on any atom is 0.224 e. The molecule has 104 valence electrons. The second-order valence-corrected chi connectivity index (χ2v) is 5.43. The molecule has 1 aliphatic rings. The van der Waals surface area contributed by atoms with Crippen molar-refractivity contribution in [2.75, 3.05) is 13.1 Å². The Hall–Kier alpha value is -1.87. The van der Waals surface area contributed by atoms with E-state index in [-0.39, 0.29) is 11.9 Å². The van der Waals surface area contributed by atoms with Crippen LogP contribution in [0.1, 0.15) is 18.4 Å². The Morgan fingerprint density at radius 3 is 2.90 bits per heavy atom. The summed E-state index contributed by atoms with van der Waals surface area (Å²) in [6, 6.07) is 14.7. The van der Waals surface area contributed by atoms with Gasteiger partial charge in [0.05, 0.1) is 6.42 Å². The predicted molar refractivity (Wildman–Crippen MR) is 81.7 cm³/mol. The zero-order chi connectivity index (χ0) is 13.8. The quantitative estimate of drug-likeness (QED) is 0.896. The Morgan fingerprint density at radius 1 is 1.20 bits per heavy atom. The minimum absolute atomic E-state index is 0.120. The lowest BCUT2D eigenvalue weighted by Crippen LogP contribution is -2.46. The molecule has 1 amide bonds. The van der Waals surface area contributed by atoms with E-state index in [1.54, 1.807) is 0 Å². The second-order valence-electron chi connectivity index (χ2n) is 5.43. The number of carbonyl (C=O) groups excluding carboxylic acids is 1. The largest absolute Gasteiger partial charge is 0.352 e. The predicted octanol–water partition coefficient (Wildman–Crippen LogP) is 2.25. The molecule has 0 aliphatic carbocycles. The van der Waals surface area contributed by atoms with E-state index in [1.165, 1.54) is 10.8 Å². The van der Waals surface area contributed by atoms with E-state index in [1.807, 2.05) is 24.3 Å². The van der Waals surface area contributed by atoms with Crippen molar-refractivity contribution in [1.29, 1.82) is 0 Å². The highest BCUT2D eigenvalue weighted by molar-refractivity contribution is 5.90. The standard InChI is InChI=1S/C17H20N2O/c20-17(19-15-8-4-10-18-12-15)11-14-7-3-6-13-5-1-2-9-16(13)14/h1-3,5-7,9,15,18H,4,8,10-12H2,(H,19,20). The summed E-state index contributed by atoms with van der Waals surface area (Å²) in [4.78, 5) is 12.2. The highest BCUT2D eigenvalue weighted by Crippen LogP contribution is 2.18. The lowest BCUT2D eigenvalue weighted by Gasteiger charge is -2.23. The summed E-state index contributed by atoms with van der Waals surface area (Å²) in [7, 11) is 0. The Labute approximate surface area is 119 Å². The van der Waals surface area contributed by atoms with E-state index >= 15 is 0 Å². The Balaban J connectivity index is 1.71. The molecule has 1 saturated heterocycles. The van der Waals surface area contributed by atoms with Crippen LogP contribution in [0.4, 0.5) is 0 Å². The third-order valence-corrected chi connectivity index (χ3v) is 3.89. The van der Waals surface area contributed by atoms with E-state index in [4.69, 9.17) is 0 Å². The first kappa shape index (κ1) is 13.1. The van der Waals surface area contributed by atoms with Gasteiger partial charge in [-0.1, -0.05) is 42.5 Å². The van der Waals surface area contributed by atoms with Crippen molar-refractivity contribution in [2.24, 2.45) is 0 Å². The van der Waals surface area contributed by atoms with Crippen LogP contribution >= 0.6 is 0 Å². The van der Waals surface area contributed by atoms with Gasteiger partial charge in [-0.25, -0.2) is 0 Å². The Kier molecular flexibility index (Phi) is 3.97. The average molecular weight is 268 g/mol. The smallest absolute Gasteiger partial charge is 0.224 e. The van der Waals surface area contributed by atoms with Gasteiger partial charge >= 0.3 is 0 Å². The van der Waals surface area contributed by atoms with Crippen molar-refractivity contribution in [1.82, 2.24) is 10.6 Å². The zero-order valence-corrected chi connectivity index (χ0v) is 11.6. The number of hydrogen-bond donors (Lipinski definition) is 2. The fraction of sp³-hybridized carbons (Fsp3) is 0.353. The molecular weight excluding hydrogens is 248 g/mol. The molecule has 0 radical (unpaired) electrons. The van der Waals surface area contributed by atoms with Gasteiger partial charge in [0, 0.05) is 12.6 Å². The zero-order valence-electron chi connectivity index (χ0n) is 11.6. The summed E-state index contributed by atoms with van der Waals surface area (Å²) in [5.41, 5.74) is 1.10. The molecule has 0 spiro atoms. The molecule has 3 rings (SSSR count). The molecule has 0 bridgehead atoms. The van der Waals surface area contributed by atoms with E-state index in [0.29, 0.717) is 6.42 Å². The van der Waals surface area contributed by atoms with Crippen molar-refractivity contribution in [3.63, 3.8) is 0 Å². The normalized spacial score (nSPS) is 18.9. The first-order chi connectivity index (χ1) is 9.83. The topological polar surface area (TPSA) is 41.1 Å². The molecule has 2 aromatic carbocycles. The molecule has 1 fully saturated rings. The van der Waals surface area contributed by atoms with Gasteiger partial charge < -0.3 is 10.6 Å². The van der Waals surface area contributed by atoms with E-state index in [0.717, 1.165) is 31.5 Å². The summed E-state index contributed by atoms with van der Waals surface area (Å²) in [5.74, 6) is 0.120. The summed E-state index contributed by atoms with van der Waals surface area (Å²) in [5, 5.41) is 8.81. The number of rotatable bonds is 3. The molecule has 1 atom stereocenters. The number of amides is 1. The molecule has 3 heteroatoms. The van der Waals surface area contributed by atoms with Gasteiger partial charge in [0.1, 0.15) is 0 Å². The van der Waals surface area contributed by atoms with Crippen molar-refractivity contribution in [3.8, 4) is 0 Å². The fourth-order valence-electron chi connectivity index (χ4n) is 2.87. The highest BCUT2D eigenvalue weighted by Gasteiger charge is 2.15. The van der Waals surface area contributed by atoms with E-state index in [2.05, 4.69) is 28.8 Å². The van der Waals surface area contributed by atoms with Crippen LogP contribution in [0, 0.1) is 0 Å². The first-order valence-corrected chi connectivity index (χ1v) is 7.29. The number of piperidine rings is 1. The molecule has 3 nitrogen and oxygen atoms in total. The number of hydrogen-bond acceptors (Lipinski definition) is 2. The monoisotopic (exact) mass is 268 g/mol. The summed E-state index contributed by atoms with van der Waals surface area (Å²) < 4.78 is 0. The van der Waals surface area contributed by atoms with Gasteiger partial charge in [-0.15, -0.1) is 0 Å². The van der Waals surface area contributed by atoms with Gasteiger partial charge in [-0.2, -0.15) is 0 Å². The summed E-state index contributed by atoms with van der Waals surface area (Å²) in [6.45, 7) is 1.96. The van der Waals surface area contributed by atoms with Crippen LogP contribution in [0.5, 0.6) is 0 Å². The average Bonchev–Trinajstić information content (AvgIpc) is 2.48. The van der Waals surface area contributed by atoms with Crippen LogP contribution in [0.25, 0.3) is 10.8 Å². The minimum atomic E-state index is 0.120. The molecule has 2 N–H and O–H groups in total. The van der Waals surface area contributed by atoms with Crippen molar-refractivity contribution < 1.29 is 4.79 Å². The molecule has 1 unspecified atom stereocenters. The maximum absolute atomic E-state index is 12.2. The van der Waals surface area contributed by atoms with Crippen LogP contribution < -0.4 is 10.6 Å². The second kappa shape index (κ2) is 6.06. The van der Waals surface area contributed by atoms with Gasteiger partial charge in [0.25, 0.3) is 0 Å². The number of carbonyl (C=O) groups is 1. The lowest BCUT2D eigenvalue weighted by molar-refractivity contribution is -0.121. The highest BCUT2D eigenvalue weighted by atomic mass is 16.1.